The third-order valence-corrected chi connectivity index (χ3v) is 2.30. The lowest BCUT2D eigenvalue weighted by molar-refractivity contribution is -0.144. The maximum atomic E-state index is 11.8. The first-order valence-electron chi connectivity index (χ1n) is 5.96. The summed E-state index contributed by atoms with van der Waals surface area (Å²) in [5.74, 6) is -0.507. The van der Waals surface area contributed by atoms with E-state index in [0.717, 1.165) is 0 Å². The van der Waals surface area contributed by atoms with E-state index in [-0.39, 0.29) is 18.3 Å². The van der Waals surface area contributed by atoms with Crippen molar-refractivity contribution in [1.29, 1.82) is 0 Å². The van der Waals surface area contributed by atoms with Crippen LogP contribution in [0.2, 0.25) is 0 Å². The highest BCUT2D eigenvalue weighted by molar-refractivity contribution is 6.03. The number of nitrogens with zero attached hydrogens (tertiary/aromatic N) is 4. The lowest BCUT2D eigenvalue weighted by Crippen LogP contribution is -2.14. The normalized spacial score (nSPS) is 10.1. The number of esters is 1. The fourth-order valence-corrected chi connectivity index (χ4v) is 1.46. The van der Waals surface area contributed by atoms with Crippen LogP contribution in [0.1, 0.15) is 17.3 Å². The van der Waals surface area contributed by atoms with Gasteiger partial charge in [0.15, 0.2) is 5.82 Å². The van der Waals surface area contributed by atoms with Gasteiger partial charge in [0.2, 0.25) is 0 Å². The van der Waals surface area contributed by atoms with Gasteiger partial charge in [-0.1, -0.05) is 5.21 Å². The molecular weight excluding hydrogens is 262 g/mol. The highest BCUT2D eigenvalue weighted by atomic mass is 16.5. The van der Waals surface area contributed by atoms with Gasteiger partial charge in [-0.25, -0.2) is 4.68 Å². The van der Waals surface area contributed by atoms with Crippen molar-refractivity contribution in [3.63, 3.8) is 0 Å². The van der Waals surface area contributed by atoms with E-state index in [1.54, 1.807) is 25.3 Å². The lowest BCUT2D eigenvalue weighted by Gasteiger charge is -2.01. The highest BCUT2D eigenvalue weighted by Crippen LogP contribution is 2.04. The van der Waals surface area contributed by atoms with Gasteiger partial charge in [0.1, 0.15) is 6.54 Å². The van der Waals surface area contributed by atoms with E-state index in [1.807, 2.05) is 0 Å². The second-order valence-electron chi connectivity index (χ2n) is 3.80. The zero-order valence-electron chi connectivity index (χ0n) is 10.8. The number of carbonyl (C=O) groups excluding carboxylic acids is 2. The van der Waals surface area contributed by atoms with Crippen molar-refractivity contribution in [2.24, 2.45) is 0 Å². The van der Waals surface area contributed by atoms with Crippen LogP contribution in [0.25, 0.3) is 0 Å². The molecule has 1 N–H and O–H groups in total. The van der Waals surface area contributed by atoms with Crippen molar-refractivity contribution >= 4 is 17.7 Å². The molecule has 0 aliphatic rings. The van der Waals surface area contributed by atoms with Crippen molar-refractivity contribution < 1.29 is 14.3 Å². The highest BCUT2D eigenvalue weighted by Gasteiger charge is 2.10. The van der Waals surface area contributed by atoms with Crippen LogP contribution in [-0.2, 0) is 16.1 Å². The molecule has 0 aliphatic carbocycles. The Morgan fingerprint density at radius 3 is 3.00 bits per heavy atom. The molecule has 0 spiro atoms. The van der Waals surface area contributed by atoms with E-state index in [9.17, 15) is 9.59 Å². The molecule has 0 bridgehead atoms. The Kier molecular flexibility index (Phi) is 4.38. The van der Waals surface area contributed by atoms with Gasteiger partial charge in [-0.15, -0.1) is 5.10 Å². The summed E-state index contributed by atoms with van der Waals surface area (Å²) in [5.41, 5.74) is 0.410. The number of anilines is 1. The molecule has 0 saturated heterocycles. The average Bonchev–Trinajstić information content (AvgIpc) is 2.87. The largest absolute Gasteiger partial charge is 0.465 e. The molecule has 1 amide bonds. The first-order chi connectivity index (χ1) is 9.69. The molecule has 2 heterocycles. The summed E-state index contributed by atoms with van der Waals surface area (Å²) in [6, 6.07) is 3.29. The maximum Gasteiger partial charge on any atom is 0.327 e. The van der Waals surface area contributed by atoms with Crippen LogP contribution in [0.3, 0.4) is 0 Å². The molecule has 0 unspecified atom stereocenters. The first-order valence-corrected chi connectivity index (χ1v) is 5.96. The SMILES string of the molecule is CCOC(=O)Cn1cc(NC(=O)c2cccnc2)nn1. The van der Waals surface area contributed by atoms with Gasteiger partial charge in [-0.3, -0.25) is 14.6 Å². The van der Waals surface area contributed by atoms with E-state index in [4.69, 9.17) is 4.74 Å². The third-order valence-electron chi connectivity index (χ3n) is 2.30. The minimum atomic E-state index is -0.414. The van der Waals surface area contributed by atoms with E-state index < -0.39 is 5.97 Å². The average molecular weight is 275 g/mol. The summed E-state index contributed by atoms with van der Waals surface area (Å²) >= 11 is 0. The number of ether oxygens (including phenoxy) is 1. The van der Waals surface area contributed by atoms with Crippen LogP contribution in [-0.4, -0.2) is 38.5 Å². The summed E-state index contributed by atoms with van der Waals surface area (Å²) < 4.78 is 6.07. The number of carbonyl (C=O) groups is 2. The molecule has 8 nitrogen and oxygen atoms in total. The molecule has 0 atom stereocenters. The Morgan fingerprint density at radius 1 is 1.45 bits per heavy atom. The van der Waals surface area contributed by atoms with Gasteiger partial charge >= 0.3 is 5.97 Å². The number of amides is 1. The number of nitrogens with one attached hydrogen (secondary N) is 1. The molecule has 8 heteroatoms. The Morgan fingerprint density at radius 2 is 2.30 bits per heavy atom. The molecule has 2 rings (SSSR count). The van der Waals surface area contributed by atoms with Crippen LogP contribution in [0.5, 0.6) is 0 Å². The van der Waals surface area contributed by atoms with Gasteiger partial charge in [0.05, 0.1) is 18.4 Å². The Balaban J connectivity index is 1.96. The fourth-order valence-electron chi connectivity index (χ4n) is 1.46. The van der Waals surface area contributed by atoms with Gasteiger partial charge in [-0.2, -0.15) is 0 Å². The number of aromatic nitrogens is 4. The summed E-state index contributed by atoms with van der Waals surface area (Å²) in [5, 5.41) is 10.0. The summed E-state index contributed by atoms with van der Waals surface area (Å²) in [4.78, 5) is 26.9. The van der Waals surface area contributed by atoms with Crippen LogP contribution in [0, 0.1) is 0 Å². The van der Waals surface area contributed by atoms with Gasteiger partial charge in [0.25, 0.3) is 5.91 Å². The summed E-state index contributed by atoms with van der Waals surface area (Å²) in [6.45, 7) is 1.97. The number of hydrogen-bond acceptors (Lipinski definition) is 6. The molecule has 0 aliphatic heterocycles. The van der Waals surface area contributed by atoms with Crippen LogP contribution in [0.4, 0.5) is 5.82 Å². The molecule has 20 heavy (non-hydrogen) atoms. The van der Waals surface area contributed by atoms with Crippen molar-refractivity contribution in [1.82, 2.24) is 20.0 Å². The molecule has 0 aromatic carbocycles. The Labute approximate surface area is 114 Å². The van der Waals surface area contributed by atoms with Gasteiger partial charge < -0.3 is 10.1 Å². The Hall–Kier alpha value is -2.77. The molecule has 2 aromatic heterocycles. The zero-order valence-corrected chi connectivity index (χ0v) is 10.8. The smallest absolute Gasteiger partial charge is 0.327 e. The quantitative estimate of drug-likeness (QED) is 0.797. The second kappa shape index (κ2) is 6.41. The fraction of sp³-hybridized carbons (Fsp3) is 0.250. The maximum absolute atomic E-state index is 11.8. The molecule has 0 radical (unpaired) electrons. The second-order valence-corrected chi connectivity index (χ2v) is 3.80. The molecular formula is C12H13N5O3. The van der Waals surface area contributed by atoms with Crippen LogP contribution < -0.4 is 5.32 Å². The molecule has 2 aromatic rings. The minimum absolute atomic E-state index is 0.0520. The zero-order chi connectivity index (χ0) is 14.4. The predicted molar refractivity (Wildman–Crippen MR) is 68.8 cm³/mol. The van der Waals surface area contributed by atoms with Crippen molar-refractivity contribution in [3.8, 4) is 0 Å². The third kappa shape index (κ3) is 3.61. The predicted octanol–water partition coefficient (Wildman–Crippen LogP) is 0.488. The standard InChI is InChI=1S/C12H13N5O3/c1-2-20-11(18)8-17-7-10(15-16-17)14-12(19)9-4-3-5-13-6-9/h3-7H,2,8H2,1H3,(H,14,19). The molecule has 104 valence electrons. The van der Waals surface area contributed by atoms with Crippen LogP contribution >= 0.6 is 0 Å². The first kappa shape index (κ1) is 13.7. The molecule has 0 saturated carbocycles. The lowest BCUT2D eigenvalue weighted by atomic mass is 10.3. The van der Waals surface area contributed by atoms with Crippen molar-refractivity contribution in [2.75, 3.05) is 11.9 Å². The minimum Gasteiger partial charge on any atom is -0.465 e. The van der Waals surface area contributed by atoms with Gasteiger partial charge in [0, 0.05) is 12.4 Å². The summed E-state index contributed by atoms with van der Waals surface area (Å²) in [7, 11) is 0. The topological polar surface area (TPSA) is 99.0 Å². The van der Waals surface area contributed by atoms with Crippen molar-refractivity contribution in [2.45, 2.75) is 13.5 Å². The Bertz CT molecular complexity index is 596. The van der Waals surface area contributed by atoms with E-state index >= 15 is 0 Å². The number of pyridine rings is 1. The monoisotopic (exact) mass is 275 g/mol. The number of hydrogen-bond donors (Lipinski definition) is 1. The number of rotatable bonds is 5. The molecule has 0 fully saturated rings. The van der Waals surface area contributed by atoms with E-state index in [0.29, 0.717) is 12.2 Å². The van der Waals surface area contributed by atoms with Gasteiger partial charge in [-0.05, 0) is 19.1 Å². The van der Waals surface area contributed by atoms with E-state index in [1.165, 1.54) is 17.1 Å². The van der Waals surface area contributed by atoms with Crippen LogP contribution in [0.15, 0.2) is 30.7 Å². The summed E-state index contributed by atoms with van der Waals surface area (Å²) in [6.07, 6.45) is 4.47. The van der Waals surface area contributed by atoms with E-state index in [2.05, 4.69) is 20.6 Å². The van der Waals surface area contributed by atoms with Crippen molar-refractivity contribution in [3.05, 3.63) is 36.3 Å².